The third kappa shape index (κ3) is 1.25. The second-order valence-corrected chi connectivity index (χ2v) is 4.44. The van der Waals surface area contributed by atoms with Crippen LogP contribution in [0.3, 0.4) is 0 Å². The maximum absolute atomic E-state index is 10.9. The van der Waals surface area contributed by atoms with Crippen molar-refractivity contribution in [1.29, 1.82) is 0 Å². The summed E-state index contributed by atoms with van der Waals surface area (Å²) in [5, 5.41) is 9.60. The zero-order valence-corrected chi connectivity index (χ0v) is 6.72. The van der Waals surface area contributed by atoms with Gasteiger partial charge in [0, 0.05) is 5.57 Å². The molecule has 0 aliphatic carbocycles. The number of nitrogens with zero attached hydrogens (tertiary/aromatic N) is 1. The molecule has 1 aliphatic rings. The quantitative estimate of drug-likeness (QED) is 0.426. The molecular weight excluding hydrogens is 170 g/mol. The van der Waals surface area contributed by atoms with Crippen molar-refractivity contribution in [3.8, 4) is 0 Å². The highest BCUT2D eigenvalue weighted by Crippen LogP contribution is 2.24. The van der Waals surface area contributed by atoms with E-state index in [1.807, 2.05) is 0 Å². The van der Waals surface area contributed by atoms with Gasteiger partial charge in [-0.3, -0.25) is 10.1 Å². The van der Waals surface area contributed by atoms with Crippen LogP contribution in [0.4, 0.5) is 0 Å². The van der Waals surface area contributed by atoms with Gasteiger partial charge in [0.2, 0.25) is 9.84 Å². The van der Waals surface area contributed by atoms with E-state index >= 15 is 0 Å². The van der Waals surface area contributed by atoms with Crippen LogP contribution in [0, 0.1) is 10.1 Å². The van der Waals surface area contributed by atoms with Crippen LogP contribution in [-0.4, -0.2) is 19.1 Å². The van der Waals surface area contributed by atoms with Gasteiger partial charge in [0.15, 0.2) is 0 Å². The number of hydrogen-bond donors (Lipinski definition) is 0. The standard InChI is InChI=1S/C5H7NO4S/c1-4-2-3-11(9,10)5(4)6(7)8/h2-3H2,1H3. The third-order valence-corrected chi connectivity index (χ3v) is 3.40. The van der Waals surface area contributed by atoms with Gasteiger partial charge in [-0.15, -0.1) is 0 Å². The SMILES string of the molecule is CC1=C([N+](=O)[O-])S(=O)(=O)CC1. The first-order chi connectivity index (χ1) is 4.95. The Morgan fingerprint density at radius 1 is 1.55 bits per heavy atom. The van der Waals surface area contributed by atoms with Crippen LogP contribution in [-0.2, 0) is 9.84 Å². The molecular formula is C5H7NO4S. The van der Waals surface area contributed by atoms with E-state index in [2.05, 4.69) is 0 Å². The number of hydrogen-bond acceptors (Lipinski definition) is 4. The number of sulfone groups is 1. The van der Waals surface area contributed by atoms with Crippen LogP contribution in [0.2, 0.25) is 0 Å². The van der Waals surface area contributed by atoms with Gasteiger partial charge in [-0.05, 0) is 13.3 Å². The second-order valence-electron chi connectivity index (χ2n) is 2.41. The maximum Gasteiger partial charge on any atom is 0.358 e. The fourth-order valence-corrected chi connectivity index (χ4v) is 2.65. The topological polar surface area (TPSA) is 77.3 Å². The zero-order chi connectivity index (χ0) is 8.65. The highest BCUT2D eigenvalue weighted by Gasteiger charge is 2.37. The average Bonchev–Trinajstić information content (AvgIpc) is 2.06. The van der Waals surface area contributed by atoms with Crippen molar-refractivity contribution in [1.82, 2.24) is 0 Å². The molecule has 0 saturated heterocycles. The van der Waals surface area contributed by atoms with E-state index in [4.69, 9.17) is 0 Å². The predicted molar refractivity (Wildman–Crippen MR) is 38.1 cm³/mol. The number of allylic oxidation sites excluding steroid dienone is 1. The molecule has 1 aliphatic heterocycles. The van der Waals surface area contributed by atoms with Gasteiger partial charge >= 0.3 is 5.03 Å². The van der Waals surface area contributed by atoms with E-state index in [9.17, 15) is 18.5 Å². The number of rotatable bonds is 1. The number of nitro groups is 1. The fraction of sp³-hybridized carbons (Fsp3) is 0.600. The summed E-state index contributed by atoms with van der Waals surface area (Å²) >= 11 is 0. The van der Waals surface area contributed by atoms with Crippen LogP contribution >= 0.6 is 0 Å². The van der Waals surface area contributed by atoms with Gasteiger partial charge in [0.25, 0.3) is 0 Å². The summed E-state index contributed by atoms with van der Waals surface area (Å²) < 4.78 is 21.8. The lowest BCUT2D eigenvalue weighted by atomic mass is 10.3. The molecule has 5 nitrogen and oxygen atoms in total. The Balaban J connectivity index is 3.26. The molecule has 1 heterocycles. The predicted octanol–water partition coefficient (Wildman–Crippen LogP) is 0.313. The molecule has 0 spiro atoms. The lowest BCUT2D eigenvalue weighted by molar-refractivity contribution is -0.412. The first-order valence-corrected chi connectivity index (χ1v) is 4.67. The largest absolute Gasteiger partial charge is 0.358 e. The summed E-state index contributed by atoms with van der Waals surface area (Å²) in [4.78, 5) is 9.37. The molecule has 1 rings (SSSR count). The van der Waals surface area contributed by atoms with E-state index < -0.39 is 19.8 Å². The van der Waals surface area contributed by atoms with Gasteiger partial charge in [-0.2, -0.15) is 0 Å². The molecule has 0 amide bonds. The molecule has 11 heavy (non-hydrogen) atoms. The molecule has 0 aromatic rings. The highest BCUT2D eigenvalue weighted by atomic mass is 32.2. The normalized spacial score (nSPS) is 22.3. The molecule has 0 saturated carbocycles. The van der Waals surface area contributed by atoms with E-state index in [-0.39, 0.29) is 5.75 Å². The highest BCUT2D eigenvalue weighted by molar-refractivity contribution is 7.95. The maximum atomic E-state index is 10.9. The molecule has 6 heteroatoms. The Morgan fingerprint density at radius 3 is 2.27 bits per heavy atom. The molecule has 0 bridgehead atoms. The van der Waals surface area contributed by atoms with Crippen LogP contribution < -0.4 is 0 Å². The van der Waals surface area contributed by atoms with Crippen LogP contribution in [0.5, 0.6) is 0 Å². The first kappa shape index (κ1) is 8.19. The van der Waals surface area contributed by atoms with E-state index in [0.29, 0.717) is 12.0 Å². The lowest BCUT2D eigenvalue weighted by Crippen LogP contribution is -2.09. The van der Waals surface area contributed by atoms with Crippen LogP contribution in [0.15, 0.2) is 10.6 Å². The monoisotopic (exact) mass is 177 g/mol. The lowest BCUT2D eigenvalue weighted by Gasteiger charge is -1.90. The Kier molecular flexibility index (Phi) is 1.71. The minimum atomic E-state index is -3.55. The van der Waals surface area contributed by atoms with Gasteiger partial charge in [0.05, 0.1) is 10.7 Å². The molecule has 0 aromatic carbocycles. The first-order valence-electron chi connectivity index (χ1n) is 3.02. The van der Waals surface area contributed by atoms with E-state index in [1.165, 1.54) is 6.92 Å². The minimum Gasteiger partial charge on any atom is -0.258 e. The second kappa shape index (κ2) is 2.30. The summed E-state index contributed by atoms with van der Waals surface area (Å²) in [6, 6.07) is 0. The van der Waals surface area contributed by atoms with Crippen molar-refractivity contribution in [2.75, 3.05) is 5.75 Å². The van der Waals surface area contributed by atoms with Gasteiger partial charge < -0.3 is 0 Å². The van der Waals surface area contributed by atoms with Crippen molar-refractivity contribution in [2.24, 2.45) is 0 Å². The Labute approximate surface area is 63.8 Å². The van der Waals surface area contributed by atoms with Crippen molar-refractivity contribution >= 4 is 9.84 Å². The van der Waals surface area contributed by atoms with Gasteiger partial charge in [-0.1, -0.05) is 0 Å². The summed E-state index contributed by atoms with van der Waals surface area (Å²) in [7, 11) is -3.55. The smallest absolute Gasteiger partial charge is 0.258 e. The molecule has 0 N–H and O–H groups in total. The van der Waals surface area contributed by atoms with Gasteiger partial charge in [-0.25, -0.2) is 8.42 Å². The molecule has 62 valence electrons. The fourth-order valence-electron chi connectivity index (χ4n) is 1.03. The Bertz CT molecular complexity index is 326. The summed E-state index contributed by atoms with van der Waals surface area (Å²) in [5.74, 6) is -0.116. The average molecular weight is 177 g/mol. The van der Waals surface area contributed by atoms with Gasteiger partial charge in [0.1, 0.15) is 0 Å². The Hall–Kier alpha value is -0.910. The van der Waals surface area contributed by atoms with E-state index in [1.54, 1.807) is 0 Å². The molecule has 0 fully saturated rings. The minimum absolute atomic E-state index is 0.116. The summed E-state index contributed by atoms with van der Waals surface area (Å²) in [6.45, 7) is 1.47. The molecule has 0 radical (unpaired) electrons. The van der Waals surface area contributed by atoms with Crippen molar-refractivity contribution < 1.29 is 13.3 Å². The zero-order valence-electron chi connectivity index (χ0n) is 5.90. The van der Waals surface area contributed by atoms with Crippen molar-refractivity contribution in [3.63, 3.8) is 0 Å². The van der Waals surface area contributed by atoms with Crippen molar-refractivity contribution in [3.05, 3.63) is 20.7 Å². The molecule has 0 unspecified atom stereocenters. The summed E-state index contributed by atoms with van der Waals surface area (Å²) in [6.07, 6.45) is 0.290. The molecule has 0 aromatic heterocycles. The third-order valence-electron chi connectivity index (χ3n) is 1.57. The van der Waals surface area contributed by atoms with Crippen LogP contribution in [0.1, 0.15) is 13.3 Å². The Morgan fingerprint density at radius 2 is 2.09 bits per heavy atom. The van der Waals surface area contributed by atoms with E-state index in [0.717, 1.165) is 0 Å². The van der Waals surface area contributed by atoms with Crippen LogP contribution in [0.25, 0.3) is 0 Å². The molecule has 0 atom stereocenters. The summed E-state index contributed by atoms with van der Waals surface area (Å²) in [5.41, 5.74) is 0.356. The van der Waals surface area contributed by atoms with Crippen molar-refractivity contribution in [2.45, 2.75) is 13.3 Å².